The van der Waals surface area contributed by atoms with Crippen molar-refractivity contribution in [1.29, 1.82) is 0 Å². The van der Waals surface area contributed by atoms with Crippen LogP contribution in [0.1, 0.15) is 5.56 Å². The summed E-state index contributed by atoms with van der Waals surface area (Å²) in [5.74, 6) is 0.935. The van der Waals surface area contributed by atoms with Crippen LogP contribution in [0.5, 0.6) is 0 Å². The number of morpholine rings is 1. The van der Waals surface area contributed by atoms with Crippen molar-refractivity contribution in [2.24, 2.45) is 0 Å². The summed E-state index contributed by atoms with van der Waals surface area (Å²) in [4.78, 5) is 7.31. The van der Waals surface area contributed by atoms with Gasteiger partial charge in [0.2, 0.25) is 5.16 Å². The van der Waals surface area contributed by atoms with E-state index in [0.29, 0.717) is 6.54 Å². The quantitative estimate of drug-likeness (QED) is 0.421. The fourth-order valence-electron chi connectivity index (χ4n) is 3.77. The first-order valence-corrected chi connectivity index (χ1v) is 11.4. The number of thioether (sulfide) groups is 1. The second kappa shape index (κ2) is 8.89. The zero-order valence-corrected chi connectivity index (χ0v) is 18.1. The molecule has 30 heavy (non-hydrogen) atoms. The average molecular weight is 440 g/mol. The number of nitrogens with zero attached hydrogens (tertiary/aromatic N) is 5. The van der Waals surface area contributed by atoms with Crippen LogP contribution >= 0.6 is 23.4 Å². The monoisotopic (exact) mass is 439 g/mol. The van der Waals surface area contributed by atoms with Gasteiger partial charge in [-0.25, -0.2) is 4.98 Å². The molecule has 0 bridgehead atoms. The average Bonchev–Trinajstić information content (AvgIpc) is 3.09. The molecule has 8 heteroatoms. The van der Waals surface area contributed by atoms with Crippen LogP contribution in [0.2, 0.25) is 5.02 Å². The molecule has 0 atom stereocenters. The van der Waals surface area contributed by atoms with E-state index in [2.05, 4.69) is 43.9 Å². The van der Waals surface area contributed by atoms with Gasteiger partial charge in [-0.15, -0.1) is 10.2 Å². The highest BCUT2D eigenvalue weighted by Gasteiger charge is 2.16. The van der Waals surface area contributed by atoms with Gasteiger partial charge in [0.15, 0.2) is 5.65 Å². The van der Waals surface area contributed by atoms with Crippen molar-refractivity contribution in [2.75, 3.05) is 38.6 Å². The van der Waals surface area contributed by atoms with E-state index in [1.54, 1.807) is 11.8 Å². The summed E-state index contributed by atoms with van der Waals surface area (Å²) < 4.78 is 7.63. The molecule has 154 valence electrons. The van der Waals surface area contributed by atoms with Crippen LogP contribution in [0.3, 0.4) is 0 Å². The van der Waals surface area contributed by atoms with E-state index in [0.717, 1.165) is 70.8 Å². The maximum absolute atomic E-state index is 6.06. The standard InChI is InChI=1S/C22H22ClN5OS/c23-17-7-5-16(6-8-17)15-28-19-4-2-1-3-18(19)20-21(28)24-22(26-25-20)30-14-11-27-9-12-29-13-10-27/h1-8H,9-15H2. The highest BCUT2D eigenvalue weighted by atomic mass is 35.5. The Morgan fingerprint density at radius 3 is 2.63 bits per heavy atom. The first-order chi connectivity index (χ1) is 14.8. The van der Waals surface area contributed by atoms with Crippen LogP contribution in [-0.2, 0) is 11.3 Å². The molecule has 4 aromatic rings. The van der Waals surface area contributed by atoms with Gasteiger partial charge in [0.05, 0.1) is 18.7 Å². The van der Waals surface area contributed by atoms with Gasteiger partial charge >= 0.3 is 0 Å². The van der Waals surface area contributed by atoms with E-state index in [1.807, 2.05) is 24.3 Å². The SMILES string of the molecule is Clc1ccc(Cn2c3ccccc3c3nnc(SCCN4CCOCC4)nc32)cc1. The molecule has 1 aliphatic rings. The summed E-state index contributed by atoms with van der Waals surface area (Å²) >= 11 is 7.72. The predicted octanol–water partition coefficient (Wildman–Crippen LogP) is 4.11. The number of benzene rings is 2. The molecular formula is C22H22ClN5OS. The molecule has 0 saturated carbocycles. The molecule has 5 rings (SSSR count). The Morgan fingerprint density at radius 2 is 1.80 bits per heavy atom. The van der Waals surface area contributed by atoms with Crippen LogP contribution in [0.15, 0.2) is 53.7 Å². The molecule has 0 unspecified atom stereocenters. The highest BCUT2D eigenvalue weighted by molar-refractivity contribution is 7.99. The van der Waals surface area contributed by atoms with Gasteiger partial charge in [0, 0.05) is 42.3 Å². The van der Waals surface area contributed by atoms with Crippen LogP contribution in [0.4, 0.5) is 0 Å². The Labute approximate surface area is 184 Å². The molecule has 1 saturated heterocycles. The summed E-state index contributed by atoms with van der Waals surface area (Å²) in [6.07, 6.45) is 0. The summed E-state index contributed by atoms with van der Waals surface area (Å²) in [5, 5.41) is 11.5. The number of ether oxygens (including phenoxy) is 1. The second-order valence-electron chi connectivity index (χ2n) is 7.30. The molecular weight excluding hydrogens is 418 g/mol. The van der Waals surface area contributed by atoms with Gasteiger partial charge in [-0.05, 0) is 23.8 Å². The van der Waals surface area contributed by atoms with E-state index in [9.17, 15) is 0 Å². The van der Waals surface area contributed by atoms with E-state index in [-0.39, 0.29) is 0 Å². The minimum atomic E-state index is 0.706. The molecule has 0 aliphatic carbocycles. The number of hydrogen-bond acceptors (Lipinski definition) is 6. The Kier molecular flexibility index (Phi) is 5.86. The smallest absolute Gasteiger partial charge is 0.211 e. The van der Waals surface area contributed by atoms with Gasteiger partial charge in [-0.2, -0.15) is 0 Å². The summed E-state index contributed by atoms with van der Waals surface area (Å²) in [5.41, 5.74) is 3.99. The molecule has 1 aliphatic heterocycles. The third kappa shape index (κ3) is 4.16. The fourth-order valence-corrected chi connectivity index (χ4v) is 4.68. The third-order valence-electron chi connectivity index (χ3n) is 5.35. The van der Waals surface area contributed by atoms with Crippen molar-refractivity contribution in [3.63, 3.8) is 0 Å². The van der Waals surface area contributed by atoms with Crippen molar-refractivity contribution >= 4 is 45.4 Å². The lowest BCUT2D eigenvalue weighted by atomic mass is 10.2. The molecule has 0 N–H and O–H groups in total. The predicted molar refractivity (Wildman–Crippen MR) is 121 cm³/mol. The van der Waals surface area contributed by atoms with Crippen LogP contribution < -0.4 is 0 Å². The van der Waals surface area contributed by atoms with Crippen molar-refractivity contribution in [3.05, 3.63) is 59.1 Å². The maximum Gasteiger partial charge on any atom is 0.211 e. The number of para-hydroxylation sites is 1. The number of rotatable bonds is 6. The lowest BCUT2D eigenvalue weighted by Crippen LogP contribution is -2.37. The van der Waals surface area contributed by atoms with Crippen LogP contribution in [-0.4, -0.2) is 63.2 Å². The largest absolute Gasteiger partial charge is 0.379 e. The zero-order chi connectivity index (χ0) is 20.3. The number of halogens is 1. The van der Waals surface area contributed by atoms with Gasteiger partial charge in [0.25, 0.3) is 0 Å². The van der Waals surface area contributed by atoms with Crippen LogP contribution in [0, 0.1) is 0 Å². The molecule has 3 heterocycles. The van der Waals surface area contributed by atoms with Crippen LogP contribution in [0.25, 0.3) is 22.1 Å². The normalized spacial score (nSPS) is 15.2. The Balaban J connectivity index is 1.44. The van der Waals surface area contributed by atoms with E-state index >= 15 is 0 Å². The van der Waals surface area contributed by atoms with Gasteiger partial charge < -0.3 is 9.30 Å². The lowest BCUT2D eigenvalue weighted by Gasteiger charge is -2.26. The lowest BCUT2D eigenvalue weighted by molar-refractivity contribution is 0.0410. The molecule has 0 amide bonds. The first kappa shape index (κ1) is 19.8. The Bertz CT molecular complexity index is 1160. The minimum absolute atomic E-state index is 0.706. The summed E-state index contributed by atoms with van der Waals surface area (Å²) in [7, 11) is 0. The van der Waals surface area contributed by atoms with Crippen molar-refractivity contribution in [2.45, 2.75) is 11.7 Å². The Morgan fingerprint density at radius 1 is 1.00 bits per heavy atom. The van der Waals surface area contributed by atoms with Crippen molar-refractivity contribution in [3.8, 4) is 0 Å². The summed E-state index contributed by atoms with van der Waals surface area (Å²) in [6, 6.07) is 16.2. The topological polar surface area (TPSA) is 56.1 Å². The van der Waals surface area contributed by atoms with E-state index in [4.69, 9.17) is 21.3 Å². The number of fused-ring (bicyclic) bond motifs is 3. The molecule has 2 aromatic carbocycles. The van der Waals surface area contributed by atoms with Crippen molar-refractivity contribution < 1.29 is 4.74 Å². The fraction of sp³-hybridized carbons (Fsp3) is 0.318. The van der Waals surface area contributed by atoms with Crippen molar-refractivity contribution in [1.82, 2.24) is 24.6 Å². The highest BCUT2D eigenvalue weighted by Crippen LogP contribution is 2.28. The first-order valence-electron chi connectivity index (χ1n) is 10.1. The molecule has 1 fully saturated rings. The number of hydrogen-bond donors (Lipinski definition) is 0. The van der Waals surface area contributed by atoms with Gasteiger partial charge in [-0.1, -0.05) is 53.7 Å². The van der Waals surface area contributed by atoms with Gasteiger partial charge in [0.1, 0.15) is 5.52 Å². The summed E-state index contributed by atoms with van der Waals surface area (Å²) in [6.45, 7) is 5.34. The van der Waals surface area contributed by atoms with Gasteiger partial charge in [-0.3, -0.25) is 4.90 Å². The maximum atomic E-state index is 6.06. The van der Waals surface area contributed by atoms with E-state index in [1.165, 1.54) is 5.56 Å². The zero-order valence-electron chi connectivity index (χ0n) is 16.5. The molecule has 0 radical (unpaired) electrons. The van der Waals surface area contributed by atoms with E-state index < -0.39 is 0 Å². The Hall–Kier alpha value is -2.19. The second-order valence-corrected chi connectivity index (χ2v) is 8.80. The minimum Gasteiger partial charge on any atom is -0.379 e. The number of aromatic nitrogens is 4. The molecule has 6 nitrogen and oxygen atoms in total. The molecule has 2 aromatic heterocycles. The third-order valence-corrected chi connectivity index (χ3v) is 6.42. The molecule has 0 spiro atoms.